The Hall–Kier alpha value is -3.03. The molecule has 3 aromatic rings. The van der Waals surface area contributed by atoms with E-state index in [0.29, 0.717) is 19.4 Å². The molecule has 0 aliphatic rings. The third-order valence-corrected chi connectivity index (χ3v) is 7.49. The molecule has 2 unspecified atom stereocenters. The summed E-state index contributed by atoms with van der Waals surface area (Å²) < 4.78 is 41.4. The molecule has 3 aromatic carbocycles. The predicted octanol–water partition coefficient (Wildman–Crippen LogP) is 4.86. The van der Waals surface area contributed by atoms with Crippen molar-refractivity contribution in [1.29, 1.82) is 0 Å². The molecule has 5 nitrogen and oxygen atoms in total. The van der Waals surface area contributed by atoms with Gasteiger partial charge < -0.3 is 5.32 Å². The molecule has 0 radical (unpaired) electrons. The first-order valence-corrected chi connectivity index (χ1v) is 13.0. The first kappa shape index (κ1) is 25.6. The van der Waals surface area contributed by atoms with Crippen molar-refractivity contribution >= 4 is 15.9 Å². The van der Waals surface area contributed by atoms with Gasteiger partial charge >= 0.3 is 0 Å². The molecular formula is C27H31FN2O3S. The summed E-state index contributed by atoms with van der Waals surface area (Å²) in [5.41, 5.74) is 2.30. The van der Waals surface area contributed by atoms with E-state index in [4.69, 9.17) is 0 Å². The Morgan fingerprint density at radius 2 is 1.41 bits per heavy atom. The molecule has 0 aliphatic heterocycles. The molecule has 0 aliphatic carbocycles. The zero-order chi connectivity index (χ0) is 24.6. The number of carbonyl (C=O) groups is 1. The molecule has 0 heterocycles. The van der Waals surface area contributed by atoms with Crippen molar-refractivity contribution < 1.29 is 17.6 Å². The Balaban J connectivity index is 1.71. The van der Waals surface area contributed by atoms with E-state index in [1.165, 1.54) is 12.1 Å². The summed E-state index contributed by atoms with van der Waals surface area (Å²) in [6.07, 6.45) is 1.28. The van der Waals surface area contributed by atoms with Gasteiger partial charge in [-0.25, -0.2) is 12.8 Å². The molecule has 180 valence electrons. The highest BCUT2D eigenvalue weighted by Gasteiger charge is 2.29. The van der Waals surface area contributed by atoms with Crippen LogP contribution >= 0.6 is 0 Å². The third-order valence-electron chi connectivity index (χ3n) is 6.04. The van der Waals surface area contributed by atoms with Crippen LogP contribution in [0.3, 0.4) is 0 Å². The van der Waals surface area contributed by atoms with Gasteiger partial charge in [0.2, 0.25) is 15.9 Å². The van der Waals surface area contributed by atoms with Crippen LogP contribution in [0.25, 0.3) is 0 Å². The maximum Gasteiger partial charge on any atom is 0.241 e. The van der Waals surface area contributed by atoms with Crippen LogP contribution in [0.1, 0.15) is 43.7 Å². The van der Waals surface area contributed by atoms with Crippen molar-refractivity contribution in [3.8, 4) is 0 Å². The number of benzene rings is 3. The molecule has 0 bridgehead atoms. The molecule has 1 amide bonds. The average Bonchev–Trinajstić information content (AvgIpc) is 2.86. The Labute approximate surface area is 201 Å². The highest BCUT2D eigenvalue weighted by Crippen LogP contribution is 2.27. The summed E-state index contributed by atoms with van der Waals surface area (Å²) >= 11 is 0. The zero-order valence-electron chi connectivity index (χ0n) is 19.4. The van der Waals surface area contributed by atoms with Gasteiger partial charge in [0.05, 0.1) is 4.90 Å². The van der Waals surface area contributed by atoms with Gasteiger partial charge in [0, 0.05) is 12.5 Å². The topological polar surface area (TPSA) is 75.3 Å². The van der Waals surface area contributed by atoms with E-state index in [-0.39, 0.29) is 22.6 Å². The maximum absolute atomic E-state index is 13.2. The number of carbonyl (C=O) groups excluding carboxylic acids is 1. The molecule has 0 fully saturated rings. The van der Waals surface area contributed by atoms with Crippen molar-refractivity contribution in [1.82, 2.24) is 10.0 Å². The van der Waals surface area contributed by atoms with E-state index in [9.17, 15) is 17.6 Å². The second kappa shape index (κ2) is 11.9. The van der Waals surface area contributed by atoms with Crippen LogP contribution in [0.4, 0.5) is 4.39 Å². The van der Waals surface area contributed by atoms with Crippen LogP contribution in [0.2, 0.25) is 0 Å². The molecule has 0 aromatic heterocycles. The Bertz CT molecular complexity index is 1110. The number of sulfonamides is 1. The molecule has 2 N–H and O–H groups in total. The van der Waals surface area contributed by atoms with Crippen LogP contribution < -0.4 is 10.0 Å². The van der Waals surface area contributed by atoms with Gasteiger partial charge in [-0.1, -0.05) is 80.9 Å². The van der Waals surface area contributed by atoms with Crippen LogP contribution in [0.5, 0.6) is 0 Å². The van der Waals surface area contributed by atoms with Crippen LogP contribution in [-0.4, -0.2) is 26.9 Å². The minimum absolute atomic E-state index is 0.0803. The highest BCUT2D eigenvalue weighted by molar-refractivity contribution is 7.89. The summed E-state index contributed by atoms with van der Waals surface area (Å²) in [5, 5.41) is 2.93. The van der Waals surface area contributed by atoms with E-state index in [1.54, 1.807) is 0 Å². The lowest BCUT2D eigenvalue weighted by molar-refractivity contribution is -0.123. The second-order valence-corrected chi connectivity index (χ2v) is 10.1. The third kappa shape index (κ3) is 6.74. The molecule has 7 heteroatoms. The highest BCUT2D eigenvalue weighted by atomic mass is 32.2. The molecule has 0 saturated carbocycles. The summed E-state index contributed by atoms with van der Waals surface area (Å²) in [5.74, 6) is -1.03. The number of rotatable bonds is 11. The molecule has 3 rings (SSSR count). The van der Waals surface area contributed by atoms with Gasteiger partial charge in [0.25, 0.3) is 0 Å². The summed E-state index contributed by atoms with van der Waals surface area (Å²) in [6, 6.07) is 23.8. The summed E-state index contributed by atoms with van der Waals surface area (Å²) in [4.78, 5) is 13.0. The van der Waals surface area contributed by atoms with Gasteiger partial charge in [0.1, 0.15) is 11.9 Å². The summed E-state index contributed by atoms with van der Waals surface area (Å²) in [6.45, 7) is 4.12. The number of hydrogen-bond acceptors (Lipinski definition) is 3. The lowest BCUT2D eigenvalue weighted by Crippen LogP contribution is -2.50. The number of hydrogen-bond donors (Lipinski definition) is 2. The van der Waals surface area contributed by atoms with E-state index >= 15 is 0 Å². The van der Waals surface area contributed by atoms with Gasteiger partial charge in [-0.05, 0) is 47.7 Å². The van der Waals surface area contributed by atoms with Gasteiger partial charge in [-0.2, -0.15) is 4.72 Å². The SMILES string of the molecule is CCC(C)C(NS(=O)(=O)c1ccc(F)cc1)C(=O)NCCC(c1ccccc1)c1ccccc1. The van der Waals surface area contributed by atoms with Gasteiger partial charge in [0.15, 0.2) is 0 Å². The van der Waals surface area contributed by atoms with Crippen molar-refractivity contribution in [2.75, 3.05) is 6.54 Å². The average molecular weight is 483 g/mol. The molecule has 34 heavy (non-hydrogen) atoms. The fraction of sp³-hybridized carbons (Fsp3) is 0.296. The Morgan fingerprint density at radius 1 is 0.882 bits per heavy atom. The van der Waals surface area contributed by atoms with Crippen LogP contribution in [0, 0.1) is 11.7 Å². The van der Waals surface area contributed by atoms with Crippen molar-refractivity contribution in [3.05, 3.63) is 102 Å². The maximum atomic E-state index is 13.2. The number of amides is 1. The molecule has 0 saturated heterocycles. The molecule has 2 atom stereocenters. The van der Waals surface area contributed by atoms with E-state index in [0.717, 1.165) is 23.3 Å². The van der Waals surface area contributed by atoms with E-state index in [1.807, 2.05) is 50.2 Å². The predicted molar refractivity (Wildman–Crippen MR) is 132 cm³/mol. The second-order valence-electron chi connectivity index (χ2n) is 8.39. The smallest absolute Gasteiger partial charge is 0.241 e. The Kier molecular flexibility index (Phi) is 8.96. The van der Waals surface area contributed by atoms with Crippen molar-refractivity contribution in [2.45, 2.75) is 43.5 Å². The lowest BCUT2D eigenvalue weighted by atomic mass is 9.88. The first-order chi connectivity index (χ1) is 16.3. The van der Waals surface area contributed by atoms with Gasteiger partial charge in [-0.3, -0.25) is 4.79 Å². The van der Waals surface area contributed by atoms with Crippen LogP contribution in [-0.2, 0) is 14.8 Å². The first-order valence-electron chi connectivity index (χ1n) is 11.5. The lowest BCUT2D eigenvalue weighted by Gasteiger charge is -2.24. The quantitative estimate of drug-likeness (QED) is 0.410. The molecular weight excluding hydrogens is 451 g/mol. The fourth-order valence-electron chi connectivity index (χ4n) is 3.86. The Morgan fingerprint density at radius 3 is 1.91 bits per heavy atom. The monoisotopic (exact) mass is 482 g/mol. The van der Waals surface area contributed by atoms with Crippen LogP contribution in [0.15, 0.2) is 89.8 Å². The minimum atomic E-state index is -3.98. The largest absolute Gasteiger partial charge is 0.355 e. The van der Waals surface area contributed by atoms with E-state index < -0.39 is 21.9 Å². The van der Waals surface area contributed by atoms with E-state index in [2.05, 4.69) is 34.3 Å². The minimum Gasteiger partial charge on any atom is -0.355 e. The summed E-state index contributed by atoms with van der Waals surface area (Å²) in [7, 11) is -3.98. The number of nitrogens with one attached hydrogen (secondary N) is 2. The molecule has 0 spiro atoms. The standard InChI is InChI=1S/C27H31FN2O3S/c1-3-20(2)26(30-34(32,33)24-16-14-23(28)15-17-24)27(31)29-19-18-25(21-10-6-4-7-11-21)22-12-8-5-9-13-22/h4-17,20,25-26,30H,3,18-19H2,1-2H3,(H,29,31). The zero-order valence-corrected chi connectivity index (χ0v) is 20.3. The number of halogens is 1. The fourth-order valence-corrected chi connectivity index (χ4v) is 5.16. The van der Waals surface area contributed by atoms with Gasteiger partial charge in [-0.15, -0.1) is 0 Å². The normalized spacial score (nSPS) is 13.4. The van der Waals surface area contributed by atoms with Crippen molar-refractivity contribution in [2.24, 2.45) is 5.92 Å². The van der Waals surface area contributed by atoms with Crippen molar-refractivity contribution in [3.63, 3.8) is 0 Å².